The first-order valence-corrected chi connectivity index (χ1v) is 5.96. The quantitative estimate of drug-likeness (QED) is 0.624. The van der Waals surface area contributed by atoms with Gasteiger partial charge in [-0.1, -0.05) is 0 Å². The van der Waals surface area contributed by atoms with Crippen LogP contribution < -0.4 is 10.6 Å². The van der Waals surface area contributed by atoms with Crippen molar-refractivity contribution in [1.82, 2.24) is 15.5 Å². The fourth-order valence-corrected chi connectivity index (χ4v) is 2.08. The van der Waals surface area contributed by atoms with Gasteiger partial charge in [-0.05, 0) is 32.2 Å². The Hall–Kier alpha value is -1.14. The molecule has 17 heavy (non-hydrogen) atoms. The second kappa shape index (κ2) is 6.56. The highest BCUT2D eigenvalue weighted by molar-refractivity contribution is 5.96. The van der Waals surface area contributed by atoms with Crippen LogP contribution in [0.15, 0.2) is 0 Å². The first kappa shape index (κ1) is 13.9. The molecule has 1 heterocycles. The van der Waals surface area contributed by atoms with Gasteiger partial charge in [0.05, 0.1) is 6.04 Å². The molecule has 0 aromatic heterocycles. The molecule has 1 aliphatic rings. The van der Waals surface area contributed by atoms with Gasteiger partial charge in [0.15, 0.2) is 0 Å². The van der Waals surface area contributed by atoms with Gasteiger partial charge >= 0.3 is 6.03 Å². The van der Waals surface area contributed by atoms with Crippen molar-refractivity contribution in [2.24, 2.45) is 5.92 Å². The lowest BCUT2D eigenvalue weighted by atomic mass is 10.1. The van der Waals surface area contributed by atoms with Crippen LogP contribution in [0.4, 0.5) is 4.79 Å². The number of aliphatic hydroxyl groups is 1. The molecule has 0 aliphatic carbocycles. The Kier molecular flexibility index (Phi) is 5.37. The number of hydrogen-bond acceptors (Lipinski definition) is 4. The molecule has 2 atom stereocenters. The average molecular weight is 243 g/mol. The SMILES string of the molecule is CNC(=O)NC(=O)C(C)N1CCC(CCO)C1. The predicted molar refractivity (Wildman–Crippen MR) is 63.4 cm³/mol. The van der Waals surface area contributed by atoms with Crippen LogP contribution in [-0.4, -0.2) is 54.7 Å². The number of amides is 3. The van der Waals surface area contributed by atoms with Gasteiger partial charge in [0.1, 0.15) is 0 Å². The highest BCUT2D eigenvalue weighted by Crippen LogP contribution is 2.21. The molecule has 6 nitrogen and oxygen atoms in total. The van der Waals surface area contributed by atoms with Gasteiger partial charge in [0.25, 0.3) is 0 Å². The maximum atomic E-state index is 11.7. The Morgan fingerprint density at radius 3 is 2.82 bits per heavy atom. The molecule has 1 rings (SSSR count). The van der Waals surface area contributed by atoms with Crippen molar-refractivity contribution in [1.29, 1.82) is 0 Å². The molecule has 0 radical (unpaired) electrons. The molecular weight excluding hydrogens is 222 g/mol. The summed E-state index contributed by atoms with van der Waals surface area (Å²) in [5.41, 5.74) is 0. The van der Waals surface area contributed by atoms with Crippen molar-refractivity contribution < 1.29 is 14.7 Å². The first-order valence-electron chi connectivity index (χ1n) is 5.96. The van der Waals surface area contributed by atoms with E-state index in [1.807, 2.05) is 4.90 Å². The number of nitrogens with zero attached hydrogens (tertiary/aromatic N) is 1. The molecular formula is C11H21N3O3. The minimum absolute atomic E-state index is 0.192. The van der Waals surface area contributed by atoms with Crippen LogP contribution in [0.2, 0.25) is 0 Å². The number of carbonyl (C=O) groups is 2. The molecule has 2 unspecified atom stereocenters. The number of rotatable bonds is 4. The van der Waals surface area contributed by atoms with Crippen LogP contribution in [-0.2, 0) is 4.79 Å². The third kappa shape index (κ3) is 3.98. The van der Waals surface area contributed by atoms with E-state index in [0.29, 0.717) is 5.92 Å². The van der Waals surface area contributed by atoms with Gasteiger partial charge in [-0.3, -0.25) is 15.0 Å². The fraction of sp³-hybridized carbons (Fsp3) is 0.818. The number of carbonyl (C=O) groups excluding carboxylic acids is 2. The normalized spacial score (nSPS) is 22.2. The molecule has 0 aromatic carbocycles. The maximum Gasteiger partial charge on any atom is 0.321 e. The molecule has 3 N–H and O–H groups in total. The highest BCUT2D eigenvalue weighted by atomic mass is 16.3. The van der Waals surface area contributed by atoms with Crippen molar-refractivity contribution in [2.45, 2.75) is 25.8 Å². The van der Waals surface area contributed by atoms with E-state index >= 15 is 0 Å². The standard InChI is InChI=1S/C11H21N3O3/c1-8(10(16)13-11(17)12-2)14-5-3-9(7-14)4-6-15/h8-9,15H,3-7H2,1-2H3,(H2,12,13,16,17). The summed E-state index contributed by atoms with van der Waals surface area (Å²) in [6.07, 6.45) is 1.78. The Bertz CT molecular complexity index is 283. The molecule has 0 spiro atoms. The fourth-order valence-electron chi connectivity index (χ4n) is 2.08. The van der Waals surface area contributed by atoms with E-state index in [4.69, 9.17) is 5.11 Å². The summed E-state index contributed by atoms with van der Waals surface area (Å²) in [6, 6.07) is -0.788. The topological polar surface area (TPSA) is 81.7 Å². The zero-order chi connectivity index (χ0) is 12.8. The molecule has 1 fully saturated rings. The maximum absolute atomic E-state index is 11.7. The van der Waals surface area contributed by atoms with Crippen molar-refractivity contribution in [3.8, 4) is 0 Å². The molecule has 0 aromatic rings. The van der Waals surface area contributed by atoms with Gasteiger partial charge in [0.2, 0.25) is 5.91 Å². The summed E-state index contributed by atoms with van der Waals surface area (Å²) in [5, 5.41) is 13.5. The van der Waals surface area contributed by atoms with Gasteiger partial charge in [-0.25, -0.2) is 4.79 Å². The van der Waals surface area contributed by atoms with E-state index < -0.39 is 6.03 Å². The zero-order valence-corrected chi connectivity index (χ0v) is 10.4. The van der Waals surface area contributed by atoms with Crippen LogP contribution in [0.1, 0.15) is 19.8 Å². The molecule has 6 heteroatoms. The molecule has 0 saturated carbocycles. The molecule has 1 saturated heterocycles. The first-order chi connectivity index (χ1) is 8.08. The summed E-state index contributed by atoms with van der Waals surface area (Å²) in [5.74, 6) is 0.171. The number of aliphatic hydroxyl groups excluding tert-OH is 1. The van der Waals surface area contributed by atoms with Gasteiger partial charge in [-0.2, -0.15) is 0 Å². The van der Waals surface area contributed by atoms with E-state index in [9.17, 15) is 9.59 Å². The van der Waals surface area contributed by atoms with E-state index in [1.165, 1.54) is 7.05 Å². The number of nitrogens with one attached hydrogen (secondary N) is 2. The van der Waals surface area contributed by atoms with Crippen molar-refractivity contribution in [3.63, 3.8) is 0 Å². The zero-order valence-electron chi connectivity index (χ0n) is 10.4. The van der Waals surface area contributed by atoms with Crippen molar-refractivity contribution >= 4 is 11.9 Å². The Morgan fingerprint density at radius 1 is 1.53 bits per heavy atom. The van der Waals surface area contributed by atoms with Crippen LogP contribution in [0, 0.1) is 5.92 Å². The molecule has 0 bridgehead atoms. The number of imide groups is 1. The van der Waals surface area contributed by atoms with Gasteiger partial charge in [-0.15, -0.1) is 0 Å². The minimum atomic E-state index is -0.479. The monoisotopic (exact) mass is 243 g/mol. The van der Waals surface area contributed by atoms with Crippen LogP contribution in [0.5, 0.6) is 0 Å². The smallest absolute Gasteiger partial charge is 0.321 e. The summed E-state index contributed by atoms with van der Waals surface area (Å²) in [6.45, 7) is 3.63. The summed E-state index contributed by atoms with van der Waals surface area (Å²) >= 11 is 0. The highest BCUT2D eigenvalue weighted by Gasteiger charge is 2.29. The van der Waals surface area contributed by atoms with Crippen LogP contribution in [0.25, 0.3) is 0 Å². The Labute approximate surface area is 101 Å². The number of likely N-dealkylation sites (tertiary alicyclic amines) is 1. The minimum Gasteiger partial charge on any atom is -0.396 e. The third-order valence-corrected chi connectivity index (χ3v) is 3.25. The third-order valence-electron chi connectivity index (χ3n) is 3.25. The van der Waals surface area contributed by atoms with Crippen LogP contribution >= 0.6 is 0 Å². The lowest BCUT2D eigenvalue weighted by molar-refractivity contribution is -0.124. The molecule has 1 aliphatic heterocycles. The van der Waals surface area contributed by atoms with E-state index in [2.05, 4.69) is 10.6 Å². The van der Waals surface area contributed by atoms with E-state index in [-0.39, 0.29) is 18.6 Å². The van der Waals surface area contributed by atoms with Gasteiger partial charge < -0.3 is 10.4 Å². The number of hydrogen-bond donors (Lipinski definition) is 3. The van der Waals surface area contributed by atoms with Gasteiger partial charge in [0, 0.05) is 20.2 Å². The largest absolute Gasteiger partial charge is 0.396 e. The lowest BCUT2D eigenvalue weighted by Gasteiger charge is -2.22. The van der Waals surface area contributed by atoms with Crippen molar-refractivity contribution in [3.05, 3.63) is 0 Å². The predicted octanol–water partition coefficient (Wildman–Crippen LogP) is -0.465. The summed E-state index contributed by atoms with van der Waals surface area (Å²) in [7, 11) is 1.47. The average Bonchev–Trinajstić information content (AvgIpc) is 2.76. The number of urea groups is 1. The Balaban J connectivity index is 2.40. The second-order valence-corrected chi connectivity index (χ2v) is 4.41. The van der Waals surface area contributed by atoms with E-state index in [1.54, 1.807) is 6.92 Å². The summed E-state index contributed by atoms with van der Waals surface area (Å²) < 4.78 is 0. The lowest BCUT2D eigenvalue weighted by Crippen LogP contribution is -2.48. The van der Waals surface area contributed by atoms with Crippen LogP contribution in [0.3, 0.4) is 0 Å². The molecule has 3 amide bonds. The van der Waals surface area contributed by atoms with Crippen molar-refractivity contribution in [2.75, 3.05) is 26.7 Å². The Morgan fingerprint density at radius 2 is 2.24 bits per heavy atom. The summed E-state index contributed by atoms with van der Waals surface area (Å²) in [4.78, 5) is 24.8. The van der Waals surface area contributed by atoms with E-state index in [0.717, 1.165) is 25.9 Å². The molecule has 98 valence electrons. The second-order valence-electron chi connectivity index (χ2n) is 4.41.